The summed E-state index contributed by atoms with van der Waals surface area (Å²) < 4.78 is 6.17. The topological polar surface area (TPSA) is 71.5 Å². The van der Waals surface area contributed by atoms with Crippen LogP contribution in [0.25, 0.3) is 11.1 Å². The van der Waals surface area contributed by atoms with Crippen LogP contribution >= 0.6 is 0 Å². The number of amides is 2. The normalized spacial score (nSPS) is 21.2. The highest BCUT2D eigenvalue weighted by Crippen LogP contribution is 2.29. The third-order valence-electron chi connectivity index (χ3n) is 5.86. The summed E-state index contributed by atoms with van der Waals surface area (Å²) in [7, 11) is 0. The lowest BCUT2D eigenvalue weighted by molar-refractivity contribution is -0.166. The molecule has 1 saturated heterocycles. The molecule has 164 valence electrons. The Morgan fingerprint density at radius 2 is 2.03 bits per heavy atom. The predicted octanol–water partition coefficient (Wildman–Crippen LogP) is 3.21. The van der Waals surface area contributed by atoms with Crippen LogP contribution in [0.2, 0.25) is 0 Å². The Bertz CT molecular complexity index is 927. The van der Waals surface area contributed by atoms with Crippen molar-refractivity contribution in [1.82, 2.24) is 15.2 Å². The second-order valence-corrected chi connectivity index (χ2v) is 9.12. The van der Waals surface area contributed by atoms with E-state index >= 15 is 0 Å². The van der Waals surface area contributed by atoms with Crippen LogP contribution in [0.5, 0.6) is 0 Å². The van der Waals surface area contributed by atoms with Crippen molar-refractivity contribution in [1.29, 1.82) is 0 Å². The molecule has 0 spiro atoms. The zero-order valence-corrected chi connectivity index (χ0v) is 18.3. The molecule has 1 aromatic carbocycles. The molecule has 1 aliphatic carbocycles. The summed E-state index contributed by atoms with van der Waals surface area (Å²) in [4.78, 5) is 32.1. The van der Waals surface area contributed by atoms with Crippen molar-refractivity contribution in [2.45, 2.75) is 51.2 Å². The van der Waals surface area contributed by atoms with Gasteiger partial charge < -0.3 is 15.0 Å². The largest absolute Gasteiger partial charge is 0.361 e. The zero-order chi connectivity index (χ0) is 21.8. The number of nitrogens with one attached hydrogen (secondary N) is 1. The molecule has 1 N–H and O–H groups in total. The molecule has 1 aromatic heterocycles. The number of rotatable bonds is 7. The predicted molar refractivity (Wildman–Crippen MR) is 119 cm³/mol. The van der Waals surface area contributed by atoms with Crippen molar-refractivity contribution in [3.63, 3.8) is 0 Å². The van der Waals surface area contributed by atoms with E-state index in [9.17, 15) is 9.59 Å². The van der Waals surface area contributed by atoms with E-state index in [2.05, 4.69) is 16.4 Å². The van der Waals surface area contributed by atoms with Gasteiger partial charge in [0.2, 0.25) is 5.91 Å². The second-order valence-electron chi connectivity index (χ2n) is 9.12. The summed E-state index contributed by atoms with van der Waals surface area (Å²) in [6.07, 6.45) is 6.51. The van der Waals surface area contributed by atoms with Crippen molar-refractivity contribution in [2.75, 3.05) is 19.7 Å². The first-order valence-corrected chi connectivity index (χ1v) is 11.2. The first-order chi connectivity index (χ1) is 14.9. The lowest BCUT2D eigenvalue weighted by Crippen LogP contribution is -2.62. The van der Waals surface area contributed by atoms with Crippen LogP contribution in [0.1, 0.15) is 38.7 Å². The second kappa shape index (κ2) is 9.18. The maximum Gasteiger partial charge on any atom is 0.254 e. The Balaban J connectivity index is 1.59. The first-order valence-electron chi connectivity index (χ1n) is 11.2. The van der Waals surface area contributed by atoms with E-state index in [0.717, 1.165) is 29.5 Å². The summed E-state index contributed by atoms with van der Waals surface area (Å²) in [6.45, 7) is 5.25. The number of ether oxygens (including phenoxy) is 1. The molecular formula is C25H31N3O3. The molecule has 1 aliphatic heterocycles. The van der Waals surface area contributed by atoms with Crippen LogP contribution < -0.4 is 5.32 Å². The van der Waals surface area contributed by atoms with Crippen molar-refractivity contribution in [3.05, 3.63) is 54.4 Å². The molecule has 2 aromatic rings. The van der Waals surface area contributed by atoms with E-state index in [-0.39, 0.29) is 30.3 Å². The summed E-state index contributed by atoms with van der Waals surface area (Å²) in [5.41, 5.74) is 2.01. The first kappa shape index (κ1) is 21.5. The Kier molecular flexibility index (Phi) is 6.37. The van der Waals surface area contributed by atoms with Crippen molar-refractivity contribution in [3.8, 4) is 11.1 Å². The van der Waals surface area contributed by atoms with Crippen LogP contribution in [-0.2, 0) is 20.7 Å². The molecule has 2 fully saturated rings. The van der Waals surface area contributed by atoms with Crippen LogP contribution in [0.15, 0.2) is 48.8 Å². The highest BCUT2D eigenvalue weighted by atomic mass is 16.5. The van der Waals surface area contributed by atoms with Crippen molar-refractivity contribution < 1.29 is 14.3 Å². The number of morpholine rings is 1. The number of aromatic nitrogens is 1. The molecule has 0 radical (unpaired) electrons. The lowest BCUT2D eigenvalue weighted by atomic mass is 9.89. The lowest BCUT2D eigenvalue weighted by Gasteiger charge is -2.42. The summed E-state index contributed by atoms with van der Waals surface area (Å²) in [5, 5.41) is 3.12. The van der Waals surface area contributed by atoms with Crippen molar-refractivity contribution in [2.24, 2.45) is 5.92 Å². The molecule has 1 saturated carbocycles. The quantitative estimate of drug-likeness (QED) is 0.745. The molecule has 2 aliphatic rings. The molecule has 4 rings (SSSR count). The van der Waals surface area contributed by atoms with Crippen LogP contribution in [-0.4, -0.2) is 53.0 Å². The maximum absolute atomic E-state index is 13.3. The summed E-state index contributed by atoms with van der Waals surface area (Å²) in [6, 6.07) is 12.3. The van der Waals surface area contributed by atoms with E-state index < -0.39 is 5.60 Å². The number of nitrogens with zero attached hydrogens (tertiary/aromatic N) is 2. The van der Waals surface area contributed by atoms with E-state index in [1.54, 1.807) is 11.1 Å². The summed E-state index contributed by atoms with van der Waals surface area (Å²) >= 11 is 0. The number of pyridine rings is 1. The van der Waals surface area contributed by atoms with Gasteiger partial charge in [-0.25, -0.2) is 0 Å². The third-order valence-corrected chi connectivity index (χ3v) is 5.86. The van der Waals surface area contributed by atoms with Crippen LogP contribution in [0.3, 0.4) is 0 Å². The van der Waals surface area contributed by atoms with Gasteiger partial charge in [-0.15, -0.1) is 0 Å². The van der Waals surface area contributed by atoms with Gasteiger partial charge in [0.15, 0.2) is 5.60 Å². The van der Waals surface area contributed by atoms with E-state index in [1.807, 2.05) is 50.4 Å². The molecule has 1 atom stereocenters. The smallest absolute Gasteiger partial charge is 0.254 e. The fourth-order valence-electron chi connectivity index (χ4n) is 4.07. The van der Waals surface area contributed by atoms with Gasteiger partial charge >= 0.3 is 0 Å². The molecular weight excluding hydrogens is 390 g/mol. The summed E-state index contributed by atoms with van der Waals surface area (Å²) in [5.74, 6) is 0.260. The van der Waals surface area contributed by atoms with Crippen LogP contribution in [0, 0.1) is 5.92 Å². The molecule has 0 bridgehead atoms. The van der Waals surface area contributed by atoms with Crippen LogP contribution in [0.4, 0.5) is 0 Å². The van der Waals surface area contributed by atoms with Gasteiger partial charge in [0, 0.05) is 37.8 Å². The van der Waals surface area contributed by atoms with Gasteiger partial charge in [0.1, 0.15) is 0 Å². The Hall–Kier alpha value is -2.73. The monoisotopic (exact) mass is 421 g/mol. The SMILES string of the molecule is CC(C)CC(=O)N1CCO[C@@](Cc2cccc(-c3cccnc3)c2)(C(=O)NC2CC2)C1. The molecule has 2 heterocycles. The minimum absolute atomic E-state index is 0.0889. The zero-order valence-electron chi connectivity index (χ0n) is 18.3. The fourth-order valence-corrected chi connectivity index (χ4v) is 4.07. The number of carbonyl (C=O) groups is 2. The highest BCUT2D eigenvalue weighted by Gasteiger charge is 2.46. The standard InChI is InChI=1S/C25H31N3O3/c1-18(2)13-23(29)28-11-12-31-25(17-28,24(30)27-22-8-9-22)15-19-5-3-6-20(14-19)21-7-4-10-26-16-21/h3-7,10,14,16,18,22H,8-9,11-13,15,17H2,1-2H3,(H,27,30)/t25-/m1/s1. The van der Waals surface area contributed by atoms with Gasteiger partial charge in [-0.2, -0.15) is 0 Å². The highest BCUT2D eigenvalue weighted by molar-refractivity contribution is 5.88. The number of hydrogen-bond donors (Lipinski definition) is 1. The van der Waals surface area contributed by atoms with Gasteiger partial charge in [-0.3, -0.25) is 14.6 Å². The fraction of sp³-hybridized carbons (Fsp3) is 0.480. The van der Waals surface area contributed by atoms with Gasteiger partial charge in [-0.1, -0.05) is 44.2 Å². The third kappa shape index (κ3) is 5.31. The number of carbonyl (C=O) groups excluding carboxylic acids is 2. The number of benzene rings is 1. The average Bonchev–Trinajstić information content (AvgIpc) is 3.58. The van der Waals surface area contributed by atoms with Gasteiger partial charge in [0.25, 0.3) is 5.91 Å². The molecule has 6 heteroatoms. The minimum atomic E-state index is -1.07. The van der Waals surface area contributed by atoms with E-state index in [0.29, 0.717) is 26.0 Å². The molecule has 0 unspecified atom stereocenters. The minimum Gasteiger partial charge on any atom is -0.361 e. The van der Waals surface area contributed by atoms with Gasteiger partial charge in [-0.05, 0) is 41.5 Å². The Morgan fingerprint density at radius 3 is 2.74 bits per heavy atom. The Morgan fingerprint density at radius 1 is 1.23 bits per heavy atom. The average molecular weight is 422 g/mol. The Labute approximate surface area is 184 Å². The van der Waals surface area contributed by atoms with E-state index in [1.165, 1.54) is 0 Å². The maximum atomic E-state index is 13.3. The van der Waals surface area contributed by atoms with Crippen molar-refractivity contribution >= 4 is 11.8 Å². The van der Waals surface area contributed by atoms with E-state index in [4.69, 9.17) is 4.74 Å². The van der Waals surface area contributed by atoms with Gasteiger partial charge in [0.05, 0.1) is 13.2 Å². The molecule has 31 heavy (non-hydrogen) atoms. The number of hydrogen-bond acceptors (Lipinski definition) is 4. The molecule has 2 amide bonds. The molecule has 6 nitrogen and oxygen atoms in total.